The predicted molar refractivity (Wildman–Crippen MR) is 147 cm³/mol. The van der Waals surface area contributed by atoms with Crippen LogP contribution in [0.25, 0.3) is 33.3 Å². The van der Waals surface area contributed by atoms with Gasteiger partial charge in [0.25, 0.3) is 6.01 Å². The van der Waals surface area contributed by atoms with E-state index in [4.69, 9.17) is 10.2 Å². The Balaban J connectivity index is 0.00000130. The van der Waals surface area contributed by atoms with Crippen LogP contribution < -0.4 is 16.4 Å². The van der Waals surface area contributed by atoms with Gasteiger partial charge in [-0.2, -0.15) is 4.98 Å². The van der Waals surface area contributed by atoms with Crippen LogP contribution in [0.1, 0.15) is 43.9 Å². The zero-order chi connectivity index (χ0) is 25.2. The number of anilines is 3. The number of oxazole rings is 1. The molecule has 36 heavy (non-hydrogen) atoms. The van der Waals surface area contributed by atoms with E-state index in [1.54, 1.807) is 6.33 Å². The van der Waals surface area contributed by atoms with E-state index >= 15 is 0 Å². The highest BCUT2D eigenvalue weighted by Gasteiger charge is 2.22. The molecule has 0 unspecified atom stereocenters. The first kappa shape index (κ1) is 23.8. The number of nitrogens with two attached hydrogens (primary N) is 1. The van der Waals surface area contributed by atoms with Gasteiger partial charge in [-0.05, 0) is 74.7 Å². The summed E-state index contributed by atoms with van der Waals surface area (Å²) < 4.78 is 8.23. The number of rotatable bonds is 4. The second-order valence-corrected chi connectivity index (χ2v) is 9.04. The smallest absolute Gasteiger partial charge is 0.300 e. The topological polar surface area (TPSA) is 107 Å². The van der Waals surface area contributed by atoms with Crippen LogP contribution in [0.5, 0.6) is 0 Å². The van der Waals surface area contributed by atoms with E-state index in [0.717, 1.165) is 70.4 Å². The Bertz CT molecular complexity index is 1490. The number of aryl methyl sites for hydroxylation is 2. The molecule has 1 aliphatic heterocycles. The van der Waals surface area contributed by atoms with Crippen molar-refractivity contribution in [2.24, 2.45) is 0 Å². The van der Waals surface area contributed by atoms with Crippen molar-refractivity contribution in [3.8, 4) is 11.1 Å². The van der Waals surface area contributed by atoms with Gasteiger partial charge in [0.15, 0.2) is 5.58 Å². The van der Waals surface area contributed by atoms with E-state index in [0.29, 0.717) is 17.9 Å². The molecule has 5 aromatic rings. The monoisotopic (exact) mass is 483 g/mol. The van der Waals surface area contributed by atoms with E-state index in [2.05, 4.69) is 61.5 Å². The van der Waals surface area contributed by atoms with E-state index in [9.17, 15) is 0 Å². The molecule has 0 aliphatic carbocycles. The third-order valence-corrected chi connectivity index (χ3v) is 6.61. The Morgan fingerprint density at radius 2 is 1.81 bits per heavy atom. The minimum absolute atomic E-state index is 0.402. The number of nitrogen functional groups attached to an aromatic ring is 1. The summed E-state index contributed by atoms with van der Waals surface area (Å²) in [6.45, 7) is 10.1. The molecule has 0 amide bonds. The molecule has 0 atom stereocenters. The van der Waals surface area contributed by atoms with Crippen LogP contribution in [0.4, 0.5) is 17.5 Å². The number of nitrogens with zero attached hydrogens (tertiary/aromatic N) is 4. The molecule has 8 nitrogen and oxygen atoms in total. The average molecular weight is 484 g/mol. The van der Waals surface area contributed by atoms with E-state index in [-0.39, 0.29) is 0 Å². The lowest BCUT2D eigenvalue weighted by Crippen LogP contribution is -2.29. The van der Waals surface area contributed by atoms with Crippen LogP contribution in [0.3, 0.4) is 0 Å². The summed E-state index contributed by atoms with van der Waals surface area (Å²) in [7, 11) is 0. The molecule has 8 heteroatoms. The molecule has 0 radical (unpaired) electrons. The van der Waals surface area contributed by atoms with Crippen LogP contribution >= 0.6 is 0 Å². The fourth-order valence-electron chi connectivity index (χ4n) is 4.98. The summed E-state index contributed by atoms with van der Waals surface area (Å²) in [5.41, 5.74) is 14.1. The van der Waals surface area contributed by atoms with E-state index in [1.165, 1.54) is 5.56 Å². The molecule has 4 heterocycles. The molecule has 1 saturated heterocycles. The number of fused-ring (bicyclic) bond motifs is 2. The van der Waals surface area contributed by atoms with Gasteiger partial charge in [0.2, 0.25) is 0 Å². The Kier molecular flexibility index (Phi) is 6.61. The van der Waals surface area contributed by atoms with Crippen LogP contribution in [-0.2, 0) is 0 Å². The van der Waals surface area contributed by atoms with Crippen molar-refractivity contribution in [2.75, 3.05) is 24.1 Å². The molecule has 186 valence electrons. The third-order valence-electron chi connectivity index (χ3n) is 6.61. The fourth-order valence-corrected chi connectivity index (χ4v) is 4.98. The van der Waals surface area contributed by atoms with Crippen molar-refractivity contribution in [1.82, 2.24) is 24.8 Å². The summed E-state index contributed by atoms with van der Waals surface area (Å²) in [5.74, 6) is 0.507. The zero-order valence-electron chi connectivity index (χ0n) is 21.3. The van der Waals surface area contributed by atoms with Gasteiger partial charge in [0.1, 0.15) is 23.3 Å². The van der Waals surface area contributed by atoms with Crippen molar-refractivity contribution < 1.29 is 4.42 Å². The molecule has 1 aliphatic rings. The van der Waals surface area contributed by atoms with Crippen LogP contribution in [0, 0.1) is 13.8 Å². The lowest BCUT2D eigenvalue weighted by atomic mass is 10.1. The minimum Gasteiger partial charge on any atom is -0.423 e. The quantitative estimate of drug-likeness (QED) is 0.282. The van der Waals surface area contributed by atoms with Crippen LogP contribution in [0.15, 0.2) is 53.3 Å². The van der Waals surface area contributed by atoms with Crippen molar-refractivity contribution >= 4 is 39.7 Å². The van der Waals surface area contributed by atoms with Gasteiger partial charge < -0.3 is 25.4 Å². The van der Waals surface area contributed by atoms with Gasteiger partial charge in [-0.25, -0.2) is 9.97 Å². The minimum atomic E-state index is 0.402. The average Bonchev–Trinajstić information content (AvgIpc) is 3.49. The largest absolute Gasteiger partial charge is 0.423 e. The molecule has 0 saturated carbocycles. The maximum atomic E-state index is 6.32. The summed E-state index contributed by atoms with van der Waals surface area (Å²) in [6, 6.07) is 13.2. The Labute approximate surface area is 211 Å². The highest BCUT2D eigenvalue weighted by Crippen LogP contribution is 2.36. The Morgan fingerprint density at radius 3 is 2.56 bits per heavy atom. The second-order valence-electron chi connectivity index (χ2n) is 9.04. The summed E-state index contributed by atoms with van der Waals surface area (Å²) in [5, 5.41) is 7.63. The third kappa shape index (κ3) is 4.40. The zero-order valence-corrected chi connectivity index (χ0v) is 21.3. The number of hydrogen-bond acceptors (Lipinski definition) is 7. The maximum absolute atomic E-state index is 6.32. The van der Waals surface area contributed by atoms with Gasteiger partial charge >= 0.3 is 0 Å². The first-order chi connectivity index (χ1) is 17.6. The highest BCUT2D eigenvalue weighted by molar-refractivity contribution is 6.00. The number of nitrogens with one attached hydrogen (secondary N) is 2. The molecule has 3 aromatic heterocycles. The van der Waals surface area contributed by atoms with Crippen molar-refractivity contribution in [3.05, 3.63) is 60.0 Å². The van der Waals surface area contributed by atoms with Crippen molar-refractivity contribution in [2.45, 2.75) is 46.6 Å². The van der Waals surface area contributed by atoms with Gasteiger partial charge in [-0.15, -0.1) is 0 Å². The summed E-state index contributed by atoms with van der Waals surface area (Å²) in [6.07, 6.45) is 5.87. The second kappa shape index (κ2) is 9.99. The van der Waals surface area contributed by atoms with Gasteiger partial charge in [-0.1, -0.05) is 32.0 Å². The fraction of sp³-hybridized carbons (Fsp3) is 0.321. The lowest BCUT2D eigenvalue weighted by Gasteiger charge is -2.24. The Hall–Kier alpha value is -3.91. The van der Waals surface area contributed by atoms with E-state index in [1.807, 2.05) is 39.0 Å². The maximum Gasteiger partial charge on any atom is 0.300 e. The van der Waals surface area contributed by atoms with Crippen LogP contribution in [-0.4, -0.2) is 32.6 Å². The molecular formula is C28H33N7O. The SMILES string of the molecule is CC.Cc1cc(C)c2oc(Nc3ccc(-c4cn(C5CCNCC5)c5ncnc(N)c45)cc3)nc2c1. The molecule has 2 aromatic carbocycles. The molecule has 6 rings (SSSR count). The number of piperidine rings is 1. The first-order valence-corrected chi connectivity index (χ1v) is 12.6. The highest BCUT2D eigenvalue weighted by atomic mass is 16.4. The normalized spacial score (nSPS) is 14.1. The van der Waals surface area contributed by atoms with Gasteiger partial charge in [0.05, 0.1) is 5.39 Å². The molecule has 1 fully saturated rings. The van der Waals surface area contributed by atoms with Crippen molar-refractivity contribution in [3.63, 3.8) is 0 Å². The van der Waals surface area contributed by atoms with E-state index < -0.39 is 0 Å². The van der Waals surface area contributed by atoms with Crippen LogP contribution in [0.2, 0.25) is 0 Å². The van der Waals surface area contributed by atoms with Crippen molar-refractivity contribution in [1.29, 1.82) is 0 Å². The number of aromatic nitrogens is 4. The Morgan fingerprint density at radius 1 is 1.06 bits per heavy atom. The predicted octanol–water partition coefficient (Wildman–Crippen LogP) is 6.13. The molecule has 0 bridgehead atoms. The number of benzene rings is 2. The summed E-state index contributed by atoms with van der Waals surface area (Å²) in [4.78, 5) is 13.5. The summed E-state index contributed by atoms with van der Waals surface area (Å²) >= 11 is 0. The molecule has 4 N–H and O–H groups in total. The molecule has 0 spiro atoms. The first-order valence-electron chi connectivity index (χ1n) is 12.6. The molecular weight excluding hydrogens is 450 g/mol. The van der Waals surface area contributed by atoms with Gasteiger partial charge in [-0.3, -0.25) is 0 Å². The number of hydrogen-bond donors (Lipinski definition) is 3. The van der Waals surface area contributed by atoms with Gasteiger partial charge in [0, 0.05) is 23.5 Å². The standard InChI is InChI=1S/C26H27N7O.C2H6/c1-15-11-16(2)23-21(12-15)32-26(34-23)31-18-5-3-17(4-6-18)20-13-33(19-7-9-28-10-8-19)25-22(20)24(27)29-14-30-25;1-2/h3-6,11-14,19,28H,7-10H2,1-2H3,(H,31,32)(H2,27,29,30);1-2H3. The lowest BCUT2D eigenvalue weighted by molar-refractivity contribution is 0.375.